The standard InChI is InChI=1S/C7H9NO/c1-3-4-7-5-9-6(2)8-7/h3-5H,1-2H3. The van der Waals surface area contributed by atoms with Crippen LogP contribution in [0.4, 0.5) is 0 Å². The minimum absolute atomic E-state index is 0.711. The van der Waals surface area contributed by atoms with E-state index >= 15 is 0 Å². The van der Waals surface area contributed by atoms with Gasteiger partial charge in [-0.25, -0.2) is 4.98 Å². The molecule has 9 heavy (non-hydrogen) atoms. The Morgan fingerprint density at radius 2 is 2.44 bits per heavy atom. The molecule has 0 saturated heterocycles. The van der Waals surface area contributed by atoms with E-state index in [-0.39, 0.29) is 0 Å². The highest BCUT2D eigenvalue weighted by Gasteiger charge is 1.91. The summed E-state index contributed by atoms with van der Waals surface area (Å²) < 4.78 is 4.95. The van der Waals surface area contributed by atoms with Gasteiger partial charge in [0.1, 0.15) is 12.0 Å². The third-order valence-electron chi connectivity index (χ3n) is 0.974. The molecule has 2 heteroatoms. The number of rotatable bonds is 1. The van der Waals surface area contributed by atoms with Crippen molar-refractivity contribution in [1.29, 1.82) is 0 Å². The zero-order valence-electron chi connectivity index (χ0n) is 5.59. The smallest absolute Gasteiger partial charge is 0.191 e. The fraction of sp³-hybridized carbons (Fsp3) is 0.286. The molecule has 0 amide bonds. The highest BCUT2D eigenvalue weighted by molar-refractivity contribution is 5.41. The SMILES string of the molecule is CC=Cc1coc(C)n1. The summed E-state index contributed by atoms with van der Waals surface area (Å²) in [5.41, 5.74) is 0.884. The van der Waals surface area contributed by atoms with Crippen LogP contribution in [0.15, 0.2) is 16.8 Å². The molecule has 0 saturated carbocycles. The maximum Gasteiger partial charge on any atom is 0.191 e. The van der Waals surface area contributed by atoms with Crippen molar-refractivity contribution in [1.82, 2.24) is 4.98 Å². The Morgan fingerprint density at radius 1 is 1.67 bits per heavy atom. The molecule has 1 rings (SSSR count). The predicted molar refractivity (Wildman–Crippen MR) is 35.9 cm³/mol. The second kappa shape index (κ2) is 2.49. The first kappa shape index (κ1) is 6.08. The van der Waals surface area contributed by atoms with Gasteiger partial charge in [0.2, 0.25) is 0 Å². The third-order valence-corrected chi connectivity index (χ3v) is 0.974. The Bertz CT molecular complexity index is 212. The number of aryl methyl sites for hydroxylation is 1. The number of nitrogens with zero attached hydrogens (tertiary/aromatic N) is 1. The molecule has 1 aromatic rings. The monoisotopic (exact) mass is 123 g/mol. The van der Waals surface area contributed by atoms with Gasteiger partial charge in [0.05, 0.1) is 0 Å². The van der Waals surface area contributed by atoms with Crippen LogP contribution in [0.1, 0.15) is 18.5 Å². The normalized spacial score (nSPS) is 10.9. The summed E-state index contributed by atoms with van der Waals surface area (Å²) in [6, 6.07) is 0. The van der Waals surface area contributed by atoms with Crippen molar-refractivity contribution < 1.29 is 4.42 Å². The largest absolute Gasteiger partial charge is 0.449 e. The minimum Gasteiger partial charge on any atom is -0.449 e. The zero-order valence-corrected chi connectivity index (χ0v) is 5.59. The number of hydrogen-bond donors (Lipinski definition) is 0. The van der Waals surface area contributed by atoms with E-state index in [1.807, 2.05) is 26.0 Å². The Balaban J connectivity index is 2.85. The first-order chi connectivity index (χ1) is 4.33. The molecule has 0 aliphatic rings. The van der Waals surface area contributed by atoms with Gasteiger partial charge in [-0.2, -0.15) is 0 Å². The average molecular weight is 123 g/mol. The molecule has 2 nitrogen and oxygen atoms in total. The van der Waals surface area contributed by atoms with E-state index in [0.29, 0.717) is 5.89 Å². The first-order valence-corrected chi connectivity index (χ1v) is 2.88. The van der Waals surface area contributed by atoms with Gasteiger partial charge in [-0.3, -0.25) is 0 Å². The lowest BCUT2D eigenvalue weighted by molar-refractivity contribution is 0.521. The van der Waals surface area contributed by atoms with Crippen molar-refractivity contribution >= 4 is 6.08 Å². The summed E-state index contributed by atoms with van der Waals surface area (Å²) in [6.45, 7) is 3.77. The molecule has 48 valence electrons. The summed E-state index contributed by atoms with van der Waals surface area (Å²) in [5.74, 6) is 0.711. The lowest BCUT2D eigenvalue weighted by atomic mass is 10.4. The van der Waals surface area contributed by atoms with Crippen LogP contribution < -0.4 is 0 Å². The molecule has 0 atom stereocenters. The van der Waals surface area contributed by atoms with Crippen LogP contribution in [-0.4, -0.2) is 4.98 Å². The number of oxazole rings is 1. The molecule has 0 fully saturated rings. The third kappa shape index (κ3) is 1.42. The van der Waals surface area contributed by atoms with Gasteiger partial charge < -0.3 is 4.42 Å². The number of aromatic nitrogens is 1. The fourth-order valence-corrected chi connectivity index (χ4v) is 0.627. The van der Waals surface area contributed by atoms with Gasteiger partial charge in [-0.1, -0.05) is 6.08 Å². The van der Waals surface area contributed by atoms with Gasteiger partial charge >= 0.3 is 0 Å². The lowest BCUT2D eigenvalue weighted by Gasteiger charge is -1.73. The minimum atomic E-state index is 0.711. The van der Waals surface area contributed by atoms with E-state index < -0.39 is 0 Å². The van der Waals surface area contributed by atoms with Crippen molar-refractivity contribution in [2.24, 2.45) is 0 Å². The van der Waals surface area contributed by atoms with E-state index in [9.17, 15) is 0 Å². The quantitative estimate of drug-likeness (QED) is 0.571. The van der Waals surface area contributed by atoms with Gasteiger partial charge in [0.25, 0.3) is 0 Å². The van der Waals surface area contributed by atoms with Crippen LogP contribution in [-0.2, 0) is 0 Å². The van der Waals surface area contributed by atoms with E-state index in [0.717, 1.165) is 5.69 Å². The van der Waals surface area contributed by atoms with E-state index in [4.69, 9.17) is 4.42 Å². The Labute approximate surface area is 54.2 Å². The van der Waals surface area contributed by atoms with Gasteiger partial charge in [-0.05, 0) is 13.0 Å². The highest BCUT2D eigenvalue weighted by atomic mass is 16.3. The Kier molecular flexibility index (Phi) is 1.68. The average Bonchev–Trinajstić information content (AvgIpc) is 2.17. The maximum atomic E-state index is 4.95. The second-order valence-electron chi connectivity index (χ2n) is 1.79. The fourth-order valence-electron chi connectivity index (χ4n) is 0.627. The number of hydrogen-bond acceptors (Lipinski definition) is 2. The van der Waals surface area contributed by atoms with Crippen molar-refractivity contribution in [2.75, 3.05) is 0 Å². The Hall–Kier alpha value is -1.05. The molecule has 1 heterocycles. The summed E-state index contributed by atoms with van der Waals surface area (Å²) in [6.07, 6.45) is 5.46. The summed E-state index contributed by atoms with van der Waals surface area (Å²) >= 11 is 0. The number of allylic oxidation sites excluding steroid dienone is 1. The molecular weight excluding hydrogens is 114 g/mol. The maximum absolute atomic E-state index is 4.95. The first-order valence-electron chi connectivity index (χ1n) is 2.88. The van der Waals surface area contributed by atoms with Crippen LogP contribution in [0.3, 0.4) is 0 Å². The lowest BCUT2D eigenvalue weighted by Crippen LogP contribution is -1.69. The van der Waals surface area contributed by atoms with Crippen molar-refractivity contribution in [3.63, 3.8) is 0 Å². The second-order valence-corrected chi connectivity index (χ2v) is 1.79. The molecule has 0 aromatic carbocycles. The van der Waals surface area contributed by atoms with Gasteiger partial charge in [0, 0.05) is 6.92 Å². The molecule has 0 unspecified atom stereocenters. The summed E-state index contributed by atoms with van der Waals surface area (Å²) in [7, 11) is 0. The van der Waals surface area contributed by atoms with Crippen LogP contribution in [0, 0.1) is 6.92 Å². The molecule has 0 radical (unpaired) electrons. The molecule has 1 aromatic heterocycles. The zero-order chi connectivity index (χ0) is 6.69. The molecule has 0 spiro atoms. The van der Waals surface area contributed by atoms with Crippen molar-refractivity contribution in [3.8, 4) is 0 Å². The van der Waals surface area contributed by atoms with Crippen LogP contribution in [0.25, 0.3) is 6.08 Å². The van der Waals surface area contributed by atoms with Gasteiger partial charge in [-0.15, -0.1) is 0 Å². The van der Waals surface area contributed by atoms with Gasteiger partial charge in [0.15, 0.2) is 5.89 Å². The van der Waals surface area contributed by atoms with Crippen molar-refractivity contribution in [2.45, 2.75) is 13.8 Å². The van der Waals surface area contributed by atoms with E-state index in [1.54, 1.807) is 6.26 Å². The molecule has 0 bridgehead atoms. The molecule has 0 aliphatic carbocycles. The van der Waals surface area contributed by atoms with Crippen LogP contribution in [0.5, 0.6) is 0 Å². The van der Waals surface area contributed by atoms with E-state index in [2.05, 4.69) is 4.98 Å². The van der Waals surface area contributed by atoms with E-state index in [1.165, 1.54) is 0 Å². The molecular formula is C7H9NO. The topological polar surface area (TPSA) is 26.0 Å². The Morgan fingerprint density at radius 3 is 2.89 bits per heavy atom. The van der Waals surface area contributed by atoms with Crippen molar-refractivity contribution in [3.05, 3.63) is 23.9 Å². The van der Waals surface area contributed by atoms with Crippen LogP contribution >= 0.6 is 0 Å². The highest BCUT2D eigenvalue weighted by Crippen LogP contribution is 2.01. The molecule has 0 N–H and O–H groups in total. The van der Waals surface area contributed by atoms with Crippen LogP contribution in [0.2, 0.25) is 0 Å². The summed E-state index contributed by atoms with van der Waals surface area (Å²) in [4.78, 5) is 4.05. The predicted octanol–water partition coefficient (Wildman–Crippen LogP) is 2.02. The molecule has 0 aliphatic heterocycles. The summed E-state index contributed by atoms with van der Waals surface area (Å²) in [5, 5.41) is 0.